The Hall–Kier alpha value is -1.50. The van der Waals surface area contributed by atoms with E-state index in [0.717, 1.165) is 38.8 Å². The molecule has 9 N–H and O–H groups in total. The summed E-state index contributed by atoms with van der Waals surface area (Å²) < 4.78 is 0. The maximum Gasteiger partial charge on any atom is 0.188 e. The summed E-state index contributed by atoms with van der Waals surface area (Å²) in [6.07, 6.45) is 3.83. The fraction of sp³-hybridized carbons (Fsp3) is 0.800. The first kappa shape index (κ1) is 15.5. The number of hydrogen-bond donors (Lipinski definition) is 5. The van der Waals surface area contributed by atoms with Crippen LogP contribution in [0.5, 0.6) is 0 Å². The molecule has 17 heavy (non-hydrogen) atoms. The molecule has 0 heterocycles. The highest BCUT2D eigenvalue weighted by atomic mass is 15.1. The zero-order valence-electron chi connectivity index (χ0n) is 10.4. The first-order valence-corrected chi connectivity index (χ1v) is 5.96. The average Bonchev–Trinajstić information content (AvgIpc) is 2.29. The van der Waals surface area contributed by atoms with Gasteiger partial charge in [-0.05, 0) is 32.2 Å². The lowest BCUT2D eigenvalue weighted by Gasteiger charge is -2.04. The van der Waals surface area contributed by atoms with Crippen molar-refractivity contribution in [3.63, 3.8) is 0 Å². The van der Waals surface area contributed by atoms with E-state index in [9.17, 15) is 0 Å². The van der Waals surface area contributed by atoms with E-state index in [1.807, 2.05) is 0 Å². The summed E-state index contributed by atoms with van der Waals surface area (Å²) in [6, 6.07) is 0. The lowest BCUT2D eigenvalue weighted by Crippen LogP contribution is -2.32. The highest BCUT2D eigenvalue weighted by molar-refractivity contribution is 5.77. The quantitative estimate of drug-likeness (QED) is 0.194. The van der Waals surface area contributed by atoms with Gasteiger partial charge in [-0.15, -0.1) is 0 Å². The molecule has 0 aromatic heterocycles. The van der Waals surface area contributed by atoms with E-state index < -0.39 is 0 Å². The maximum atomic E-state index is 5.66. The van der Waals surface area contributed by atoms with Gasteiger partial charge in [-0.3, -0.25) is 9.98 Å². The van der Waals surface area contributed by atoms with Gasteiger partial charge in [0, 0.05) is 19.6 Å². The van der Waals surface area contributed by atoms with Crippen molar-refractivity contribution in [1.82, 2.24) is 5.32 Å². The molecule has 0 radical (unpaired) electrons. The summed E-state index contributed by atoms with van der Waals surface area (Å²) in [5, 5.41) is 3.03. The van der Waals surface area contributed by atoms with Crippen molar-refractivity contribution >= 4 is 11.9 Å². The zero-order valence-corrected chi connectivity index (χ0v) is 10.4. The third-order valence-electron chi connectivity index (χ3n) is 2.08. The number of nitrogens with two attached hydrogens (primary N) is 4. The summed E-state index contributed by atoms with van der Waals surface area (Å²) in [7, 11) is 0. The van der Waals surface area contributed by atoms with Crippen molar-refractivity contribution < 1.29 is 0 Å². The molecule has 7 heteroatoms. The van der Waals surface area contributed by atoms with E-state index in [1.165, 1.54) is 0 Å². The molecule has 0 aliphatic carbocycles. The zero-order chi connectivity index (χ0) is 12.9. The van der Waals surface area contributed by atoms with Gasteiger partial charge in [0.05, 0.1) is 0 Å². The molecular weight excluding hydrogens is 218 g/mol. The third kappa shape index (κ3) is 12.4. The van der Waals surface area contributed by atoms with Crippen molar-refractivity contribution in [1.29, 1.82) is 0 Å². The standard InChI is InChI=1S/C10H25N7/c11-5-1-2-7-16-10(14)17-8-4-3-6-15-9(12)13/h1-8,11H2,(H4,12,13,15)(H3,14,16,17). The van der Waals surface area contributed by atoms with E-state index in [0.29, 0.717) is 19.0 Å². The van der Waals surface area contributed by atoms with Crippen LogP contribution in [-0.2, 0) is 0 Å². The van der Waals surface area contributed by atoms with Crippen LogP contribution in [0.3, 0.4) is 0 Å². The molecule has 0 bridgehead atoms. The van der Waals surface area contributed by atoms with Crippen LogP contribution in [0.2, 0.25) is 0 Å². The fourth-order valence-electron chi connectivity index (χ4n) is 1.17. The van der Waals surface area contributed by atoms with Crippen LogP contribution < -0.4 is 28.3 Å². The number of unbranched alkanes of at least 4 members (excludes halogenated alkanes) is 2. The smallest absolute Gasteiger partial charge is 0.188 e. The molecule has 0 aromatic carbocycles. The minimum Gasteiger partial charge on any atom is -0.370 e. The van der Waals surface area contributed by atoms with Gasteiger partial charge in [-0.2, -0.15) is 0 Å². The topological polar surface area (TPSA) is 141 Å². The van der Waals surface area contributed by atoms with Crippen LogP contribution in [0.25, 0.3) is 0 Å². The molecule has 0 rings (SSSR count). The molecule has 0 atom stereocenters. The Labute approximate surface area is 103 Å². The van der Waals surface area contributed by atoms with Crippen molar-refractivity contribution in [3.8, 4) is 0 Å². The molecule has 0 saturated heterocycles. The second kappa shape index (κ2) is 11.0. The number of hydrogen-bond acceptors (Lipinski definition) is 3. The molecule has 0 aromatic rings. The van der Waals surface area contributed by atoms with Gasteiger partial charge in [0.1, 0.15) is 0 Å². The van der Waals surface area contributed by atoms with Crippen LogP contribution in [0.15, 0.2) is 9.98 Å². The predicted octanol–water partition coefficient (Wildman–Crippen LogP) is -1.32. The van der Waals surface area contributed by atoms with Crippen LogP contribution in [0.4, 0.5) is 0 Å². The van der Waals surface area contributed by atoms with Gasteiger partial charge in [0.2, 0.25) is 0 Å². The van der Waals surface area contributed by atoms with Crippen molar-refractivity contribution in [2.24, 2.45) is 32.9 Å². The molecule has 0 fully saturated rings. The largest absolute Gasteiger partial charge is 0.370 e. The van der Waals surface area contributed by atoms with E-state index in [1.54, 1.807) is 0 Å². The van der Waals surface area contributed by atoms with E-state index >= 15 is 0 Å². The Kier molecular flexibility index (Phi) is 10.0. The second-order valence-electron chi connectivity index (χ2n) is 3.70. The van der Waals surface area contributed by atoms with Crippen LogP contribution >= 0.6 is 0 Å². The molecule has 0 spiro atoms. The van der Waals surface area contributed by atoms with E-state index in [4.69, 9.17) is 22.9 Å². The summed E-state index contributed by atoms with van der Waals surface area (Å²) >= 11 is 0. The van der Waals surface area contributed by atoms with Crippen LogP contribution in [0, 0.1) is 0 Å². The molecule has 0 unspecified atom stereocenters. The lowest BCUT2D eigenvalue weighted by molar-refractivity contribution is 0.708. The summed E-state index contributed by atoms with van der Waals surface area (Å²) in [5.41, 5.74) is 21.4. The minimum absolute atomic E-state index is 0.138. The Bertz CT molecular complexity index is 233. The predicted molar refractivity (Wildman–Crippen MR) is 72.7 cm³/mol. The lowest BCUT2D eigenvalue weighted by atomic mass is 10.3. The first-order chi connectivity index (χ1) is 8.16. The molecule has 0 aliphatic heterocycles. The first-order valence-electron chi connectivity index (χ1n) is 5.96. The number of guanidine groups is 2. The summed E-state index contributed by atoms with van der Waals surface area (Å²) in [5.74, 6) is 0.628. The van der Waals surface area contributed by atoms with Crippen LogP contribution in [-0.4, -0.2) is 38.1 Å². The molecule has 7 nitrogen and oxygen atoms in total. The molecule has 100 valence electrons. The number of nitrogens with zero attached hydrogens (tertiary/aromatic N) is 2. The monoisotopic (exact) mass is 243 g/mol. The highest BCUT2D eigenvalue weighted by Gasteiger charge is 1.92. The SMILES string of the molecule is NCCCCN=C(N)NCCCCN=C(N)N. The van der Waals surface area contributed by atoms with Gasteiger partial charge in [0.25, 0.3) is 0 Å². The summed E-state index contributed by atoms with van der Waals surface area (Å²) in [6.45, 7) is 2.86. The summed E-state index contributed by atoms with van der Waals surface area (Å²) in [4.78, 5) is 8.05. The van der Waals surface area contributed by atoms with Gasteiger partial charge in [-0.1, -0.05) is 0 Å². The number of rotatable bonds is 9. The number of nitrogens with one attached hydrogen (secondary N) is 1. The van der Waals surface area contributed by atoms with E-state index in [2.05, 4.69) is 15.3 Å². The minimum atomic E-state index is 0.138. The van der Waals surface area contributed by atoms with Crippen molar-refractivity contribution in [2.45, 2.75) is 25.7 Å². The van der Waals surface area contributed by atoms with Gasteiger partial charge in [0.15, 0.2) is 11.9 Å². The van der Waals surface area contributed by atoms with E-state index in [-0.39, 0.29) is 5.96 Å². The maximum absolute atomic E-state index is 5.66. The Morgan fingerprint density at radius 2 is 1.53 bits per heavy atom. The Balaban J connectivity index is 3.38. The van der Waals surface area contributed by atoms with Gasteiger partial charge < -0.3 is 28.3 Å². The van der Waals surface area contributed by atoms with Gasteiger partial charge >= 0.3 is 0 Å². The van der Waals surface area contributed by atoms with Crippen molar-refractivity contribution in [3.05, 3.63) is 0 Å². The number of aliphatic imine (C=N–C) groups is 2. The average molecular weight is 243 g/mol. The Morgan fingerprint density at radius 1 is 0.882 bits per heavy atom. The van der Waals surface area contributed by atoms with Gasteiger partial charge in [-0.25, -0.2) is 0 Å². The normalized spacial score (nSPS) is 11.2. The molecule has 0 aliphatic rings. The molecular formula is C10H25N7. The molecule has 0 saturated carbocycles. The fourth-order valence-corrected chi connectivity index (χ4v) is 1.17. The van der Waals surface area contributed by atoms with Crippen LogP contribution in [0.1, 0.15) is 25.7 Å². The van der Waals surface area contributed by atoms with Crippen molar-refractivity contribution in [2.75, 3.05) is 26.2 Å². The second-order valence-corrected chi connectivity index (χ2v) is 3.70. The molecule has 0 amide bonds. The Morgan fingerprint density at radius 3 is 2.18 bits per heavy atom. The third-order valence-corrected chi connectivity index (χ3v) is 2.08. The highest BCUT2D eigenvalue weighted by Crippen LogP contribution is 1.88.